The lowest BCUT2D eigenvalue weighted by atomic mass is 10.4. The largest absolute Gasteiger partial charge is 0.379 e. The van der Waals surface area contributed by atoms with Crippen molar-refractivity contribution in [1.82, 2.24) is 5.32 Å². The summed E-state index contributed by atoms with van der Waals surface area (Å²) in [7, 11) is 0. The van der Waals surface area contributed by atoms with E-state index in [-0.39, 0.29) is 4.87 Å². The highest BCUT2D eigenvalue weighted by Gasteiger charge is 2.07. The lowest BCUT2D eigenvalue weighted by Crippen LogP contribution is -2.36. The van der Waals surface area contributed by atoms with E-state index in [0.29, 0.717) is 19.8 Å². The van der Waals surface area contributed by atoms with Crippen LogP contribution in [0.1, 0.15) is 13.8 Å². The van der Waals surface area contributed by atoms with Crippen molar-refractivity contribution in [2.75, 3.05) is 26.3 Å². The van der Waals surface area contributed by atoms with Crippen LogP contribution in [0.4, 0.5) is 0 Å². The molecule has 3 N–H and O–H groups in total. The number of thiol groups is 1. The molecule has 0 fully saturated rings. The summed E-state index contributed by atoms with van der Waals surface area (Å²) in [6.07, 6.45) is 0. The van der Waals surface area contributed by atoms with Gasteiger partial charge in [-0.2, -0.15) is 12.6 Å². The predicted molar refractivity (Wildman–Crippen MR) is 50.9 cm³/mol. The molecular formula is C7H18N2OS. The van der Waals surface area contributed by atoms with Crippen molar-refractivity contribution in [3.63, 3.8) is 0 Å². The van der Waals surface area contributed by atoms with Gasteiger partial charge in [0.25, 0.3) is 0 Å². The Balaban J connectivity index is 3.02. The summed E-state index contributed by atoms with van der Waals surface area (Å²) in [5.41, 5.74) is 5.24. The van der Waals surface area contributed by atoms with E-state index >= 15 is 0 Å². The predicted octanol–water partition coefficient (Wildman–Crippen LogP) is 0.217. The van der Waals surface area contributed by atoms with E-state index in [2.05, 4.69) is 17.9 Å². The number of nitrogens with two attached hydrogens (primary N) is 1. The van der Waals surface area contributed by atoms with Crippen LogP contribution < -0.4 is 11.1 Å². The SMILES string of the molecule is CC(C)(S)NCCOCCN. The summed E-state index contributed by atoms with van der Waals surface area (Å²) >= 11 is 4.29. The molecule has 68 valence electrons. The van der Waals surface area contributed by atoms with E-state index in [1.165, 1.54) is 0 Å². The van der Waals surface area contributed by atoms with Gasteiger partial charge in [0.2, 0.25) is 0 Å². The zero-order chi connectivity index (χ0) is 8.74. The maximum Gasteiger partial charge on any atom is 0.0592 e. The van der Waals surface area contributed by atoms with Gasteiger partial charge in [-0.25, -0.2) is 0 Å². The molecule has 0 saturated heterocycles. The van der Waals surface area contributed by atoms with E-state index in [1.807, 2.05) is 13.8 Å². The first kappa shape index (κ1) is 11.2. The molecule has 0 bridgehead atoms. The van der Waals surface area contributed by atoms with E-state index in [9.17, 15) is 0 Å². The first-order valence-electron chi connectivity index (χ1n) is 3.81. The molecule has 0 rings (SSSR count). The first-order chi connectivity index (χ1) is 5.06. The summed E-state index contributed by atoms with van der Waals surface area (Å²) in [5.74, 6) is 0. The lowest BCUT2D eigenvalue weighted by Gasteiger charge is -2.19. The molecule has 0 amide bonds. The van der Waals surface area contributed by atoms with Gasteiger partial charge in [0, 0.05) is 13.1 Å². The maximum atomic E-state index is 5.24. The van der Waals surface area contributed by atoms with E-state index in [0.717, 1.165) is 6.54 Å². The van der Waals surface area contributed by atoms with Crippen LogP contribution >= 0.6 is 12.6 Å². The topological polar surface area (TPSA) is 47.3 Å². The fraction of sp³-hybridized carbons (Fsp3) is 1.00. The second-order valence-corrected chi connectivity index (χ2v) is 4.00. The van der Waals surface area contributed by atoms with Crippen molar-refractivity contribution in [2.24, 2.45) is 5.73 Å². The Labute approximate surface area is 74.1 Å². The van der Waals surface area contributed by atoms with Crippen LogP contribution in [0.25, 0.3) is 0 Å². The Kier molecular flexibility index (Phi) is 5.95. The fourth-order valence-electron chi connectivity index (χ4n) is 0.614. The Morgan fingerprint density at radius 3 is 2.55 bits per heavy atom. The summed E-state index contributed by atoms with van der Waals surface area (Å²) < 4.78 is 5.16. The molecule has 0 aromatic carbocycles. The standard InChI is InChI=1S/C7H18N2OS/c1-7(2,11)9-4-6-10-5-3-8/h9,11H,3-6,8H2,1-2H3. The molecule has 4 heteroatoms. The zero-order valence-corrected chi connectivity index (χ0v) is 8.16. The first-order valence-corrected chi connectivity index (χ1v) is 4.26. The van der Waals surface area contributed by atoms with Crippen molar-refractivity contribution >= 4 is 12.6 Å². The molecule has 0 atom stereocenters. The average Bonchev–Trinajstić information content (AvgIpc) is 1.85. The molecule has 0 aliphatic rings. The van der Waals surface area contributed by atoms with E-state index in [4.69, 9.17) is 10.5 Å². The Morgan fingerprint density at radius 1 is 1.45 bits per heavy atom. The minimum atomic E-state index is -0.119. The molecule has 0 radical (unpaired) electrons. The van der Waals surface area contributed by atoms with Crippen molar-refractivity contribution in [1.29, 1.82) is 0 Å². The van der Waals surface area contributed by atoms with Crippen LogP contribution in [-0.4, -0.2) is 31.2 Å². The monoisotopic (exact) mass is 178 g/mol. The maximum absolute atomic E-state index is 5.24. The van der Waals surface area contributed by atoms with Crippen LogP contribution in [-0.2, 0) is 4.74 Å². The molecule has 0 saturated carbocycles. The molecule has 0 aliphatic carbocycles. The van der Waals surface area contributed by atoms with Crippen LogP contribution in [0.3, 0.4) is 0 Å². The van der Waals surface area contributed by atoms with Gasteiger partial charge in [-0.15, -0.1) is 0 Å². The van der Waals surface area contributed by atoms with Gasteiger partial charge in [0.1, 0.15) is 0 Å². The van der Waals surface area contributed by atoms with Crippen LogP contribution in [0.5, 0.6) is 0 Å². The number of rotatable bonds is 6. The third kappa shape index (κ3) is 10.2. The average molecular weight is 178 g/mol. The highest BCUT2D eigenvalue weighted by atomic mass is 32.1. The van der Waals surface area contributed by atoms with Gasteiger partial charge in [0.15, 0.2) is 0 Å². The number of hydrogen-bond donors (Lipinski definition) is 3. The Hall–Kier alpha value is 0.230. The molecular weight excluding hydrogens is 160 g/mol. The second-order valence-electron chi connectivity index (χ2n) is 2.89. The molecule has 0 aromatic rings. The lowest BCUT2D eigenvalue weighted by molar-refractivity contribution is 0.141. The summed E-state index contributed by atoms with van der Waals surface area (Å²) in [6, 6.07) is 0. The van der Waals surface area contributed by atoms with Gasteiger partial charge < -0.3 is 15.8 Å². The molecule has 0 heterocycles. The fourth-order valence-corrected chi connectivity index (χ4v) is 0.726. The summed E-state index contributed by atoms with van der Waals surface area (Å²) in [5, 5.41) is 3.18. The quantitative estimate of drug-likeness (QED) is 0.310. The van der Waals surface area contributed by atoms with Crippen LogP contribution in [0.2, 0.25) is 0 Å². The van der Waals surface area contributed by atoms with Crippen LogP contribution in [0.15, 0.2) is 0 Å². The highest BCUT2D eigenvalue weighted by molar-refractivity contribution is 7.81. The zero-order valence-electron chi connectivity index (χ0n) is 7.26. The smallest absolute Gasteiger partial charge is 0.0592 e. The normalized spacial score (nSPS) is 12.0. The third-order valence-corrected chi connectivity index (χ3v) is 1.22. The molecule has 0 unspecified atom stereocenters. The van der Waals surface area contributed by atoms with E-state index < -0.39 is 0 Å². The minimum Gasteiger partial charge on any atom is -0.379 e. The van der Waals surface area contributed by atoms with Crippen molar-refractivity contribution in [3.8, 4) is 0 Å². The molecule has 11 heavy (non-hydrogen) atoms. The van der Waals surface area contributed by atoms with Gasteiger partial charge in [-0.05, 0) is 13.8 Å². The van der Waals surface area contributed by atoms with Crippen molar-refractivity contribution in [3.05, 3.63) is 0 Å². The van der Waals surface area contributed by atoms with Gasteiger partial charge in [-0.3, -0.25) is 0 Å². The van der Waals surface area contributed by atoms with Gasteiger partial charge in [-0.1, -0.05) is 0 Å². The van der Waals surface area contributed by atoms with Gasteiger partial charge >= 0.3 is 0 Å². The summed E-state index contributed by atoms with van der Waals surface area (Å²) in [6.45, 7) is 6.73. The highest BCUT2D eigenvalue weighted by Crippen LogP contribution is 2.04. The van der Waals surface area contributed by atoms with Crippen molar-refractivity contribution < 1.29 is 4.74 Å². The minimum absolute atomic E-state index is 0.119. The van der Waals surface area contributed by atoms with Gasteiger partial charge in [0.05, 0.1) is 18.1 Å². The molecule has 0 spiro atoms. The Bertz CT molecular complexity index is 92.9. The Morgan fingerprint density at radius 2 is 2.09 bits per heavy atom. The number of nitrogens with one attached hydrogen (secondary N) is 1. The third-order valence-electron chi connectivity index (χ3n) is 1.07. The summed E-state index contributed by atoms with van der Waals surface area (Å²) in [4.78, 5) is -0.119. The molecule has 3 nitrogen and oxygen atoms in total. The second kappa shape index (κ2) is 5.83. The van der Waals surface area contributed by atoms with E-state index in [1.54, 1.807) is 0 Å². The van der Waals surface area contributed by atoms with Crippen molar-refractivity contribution in [2.45, 2.75) is 18.7 Å². The molecule has 0 aromatic heterocycles. The number of ether oxygens (including phenoxy) is 1. The molecule has 0 aliphatic heterocycles. The number of hydrogen-bond acceptors (Lipinski definition) is 4. The van der Waals surface area contributed by atoms with Crippen LogP contribution in [0, 0.1) is 0 Å².